The predicted molar refractivity (Wildman–Crippen MR) is 92.2 cm³/mol. The summed E-state index contributed by atoms with van der Waals surface area (Å²) in [5, 5.41) is 15.8. The predicted octanol–water partition coefficient (Wildman–Crippen LogP) is 1.57. The number of benzene rings is 1. The summed E-state index contributed by atoms with van der Waals surface area (Å²) in [4.78, 5) is 28.1. The van der Waals surface area contributed by atoms with Gasteiger partial charge in [0.05, 0.1) is 6.61 Å². The zero-order valence-electron chi connectivity index (χ0n) is 14.9. The molecule has 3 rings (SSSR count). The summed E-state index contributed by atoms with van der Waals surface area (Å²) in [5.74, 6) is -0.523. The molecule has 1 fully saturated rings. The fourth-order valence-electron chi connectivity index (χ4n) is 2.91. The average molecular weight is 375 g/mol. The molecule has 0 saturated carbocycles. The number of carbonyl (C=O) groups is 2. The van der Waals surface area contributed by atoms with Crippen molar-refractivity contribution in [3.8, 4) is 5.75 Å². The molecule has 2 aromatic rings. The second kappa shape index (κ2) is 8.63. The molecular formula is C18H21N3O6. The molecule has 0 bridgehead atoms. The van der Waals surface area contributed by atoms with Gasteiger partial charge in [-0.15, -0.1) is 0 Å². The number of aliphatic carboxylic acids is 1. The van der Waals surface area contributed by atoms with Crippen molar-refractivity contribution in [2.45, 2.75) is 32.4 Å². The van der Waals surface area contributed by atoms with E-state index in [0.29, 0.717) is 42.7 Å². The van der Waals surface area contributed by atoms with Crippen molar-refractivity contribution in [3.63, 3.8) is 0 Å². The van der Waals surface area contributed by atoms with Crippen LogP contribution in [0.25, 0.3) is 0 Å². The van der Waals surface area contributed by atoms with E-state index in [1.54, 1.807) is 31.2 Å². The van der Waals surface area contributed by atoms with E-state index in [-0.39, 0.29) is 12.5 Å². The maximum atomic E-state index is 12.5. The van der Waals surface area contributed by atoms with Crippen molar-refractivity contribution in [3.05, 3.63) is 41.5 Å². The number of ether oxygens (including phenoxy) is 2. The van der Waals surface area contributed by atoms with Gasteiger partial charge in [0.2, 0.25) is 11.7 Å². The van der Waals surface area contributed by atoms with E-state index in [4.69, 9.17) is 14.0 Å². The zero-order valence-corrected chi connectivity index (χ0v) is 14.9. The first kappa shape index (κ1) is 18.8. The summed E-state index contributed by atoms with van der Waals surface area (Å²) < 4.78 is 15.8. The average Bonchev–Trinajstić information content (AvgIpc) is 3.10. The number of nitrogens with one attached hydrogen (secondary N) is 1. The number of rotatable bonds is 7. The van der Waals surface area contributed by atoms with Crippen LogP contribution in [0.15, 0.2) is 28.8 Å². The van der Waals surface area contributed by atoms with Gasteiger partial charge in [-0.3, -0.25) is 4.79 Å². The molecule has 27 heavy (non-hydrogen) atoms. The molecule has 2 heterocycles. The molecule has 1 saturated heterocycles. The Hall–Kier alpha value is -2.94. The summed E-state index contributed by atoms with van der Waals surface area (Å²) in [6.45, 7) is 2.72. The van der Waals surface area contributed by atoms with E-state index >= 15 is 0 Å². The van der Waals surface area contributed by atoms with Gasteiger partial charge in [-0.25, -0.2) is 4.79 Å². The number of aryl methyl sites for hydroxylation is 1. The van der Waals surface area contributed by atoms with E-state index in [9.17, 15) is 14.7 Å². The van der Waals surface area contributed by atoms with Crippen molar-refractivity contribution in [1.82, 2.24) is 15.5 Å². The molecule has 9 heteroatoms. The molecule has 144 valence electrons. The molecule has 1 amide bonds. The lowest BCUT2D eigenvalue weighted by Gasteiger charge is -2.28. The quantitative estimate of drug-likeness (QED) is 0.747. The molecule has 2 atom stereocenters. The molecule has 1 aromatic carbocycles. The number of aromatic nitrogens is 2. The molecule has 0 aliphatic carbocycles. The van der Waals surface area contributed by atoms with Gasteiger partial charge in [0.25, 0.3) is 5.91 Å². The summed E-state index contributed by atoms with van der Waals surface area (Å²) in [6.07, 6.45) is 1.48. The van der Waals surface area contributed by atoms with Crippen LogP contribution in [0.2, 0.25) is 0 Å². The molecule has 2 N–H and O–H groups in total. The maximum absolute atomic E-state index is 12.5. The fraction of sp³-hybridized carbons (Fsp3) is 0.444. The van der Waals surface area contributed by atoms with Gasteiger partial charge in [-0.1, -0.05) is 11.2 Å². The van der Waals surface area contributed by atoms with E-state index in [1.807, 2.05) is 0 Å². The monoisotopic (exact) mass is 375 g/mol. The molecule has 0 radical (unpaired) electrons. The summed E-state index contributed by atoms with van der Waals surface area (Å²) in [5.41, 5.74) is 0.305. The third-order valence-corrected chi connectivity index (χ3v) is 4.25. The van der Waals surface area contributed by atoms with Crippen molar-refractivity contribution in [2.75, 3.05) is 13.2 Å². The minimum absolute atomic E-state index is 0.0968. The first-order chi connectivity index (χ1) is 13.0. The summed E-state index contributed by atoms with van der Waals surface area (Å²) in [7, 11) is 0. The number of hydrogen-bond acceptors (Lipinski definition) is 7. The number of nitrogens with zero attached hydrogens (tertiary/aromatic N) is 2. The Bertz CT molecular complexity index is 800. The minimum Gasteiger partial charge on any atom is -0.485 e. The highest BCUT2D eigenvalue weighted by Gasteiger charge is 2.31. The van der Waals surface area contributed by atoms with Gasteiger partial charge < -0.3 is 24.4 Å². The highest BCUT2D eigenvalue weighted by atomic mass is 16.5. The fourth-order valence-corrected chi connectivity index (χ4v) is 2.91. The van der Waals surface area contributed by atoms with Crippen molar-refractivity contribution < 1.29 is 28.7 Å². The van der Waals surface area contributed by atoms with Crippen LogP contribution in [-0.4, -0.2) is 46.4 Å². The molecule has 1 aliphatic rings. The minimum atomic E-state index is -1.07. The Morgan fingerprint density at radius 2 is 2.30 bits per heavy atom. The lowest BCUT2D eigenvalue weighted by Crippen LogP contribution is -2.48. The smallest absolute Gasteiger partial charge is 0.326 e. The largest absolute Gasteiger partial charge is 0.485 e. The van der Waals surface area contributed by atoms with Crippen LogP contribution >= 0.6 is 0 Å². The van der Waals surface area contributed by atoms with Gasteiger partial charge in [-0.2, -0.15) is 4.98 Å². The number of hydrogen-bond donors (Lipinski definition) is 2. The second-order valence-corrected chi connectivity index (χ2v) is 6.31. The first-order valence-electron chi connectivity index (χ1n) is 8.66. The van der Waals surface area contributed by atoms with Crippen LogP contribution in [0.4, 0.5) is 0 Å². The SMILES string of the molecule is Cc1nc(COc2cccc(C(=O)NC(C(=O)O)C3CCCOC3)c2)no1. The molecule has 1 aliphatic heterocycles. The van der Waals surface area contributed by atoms with Crippen LogP contribution in [0, 0.1) is 12.8 Å². The number of amides is 1. The standard InChI is InChI=1S/C18H21N3O6/c1-11-19-15(21-27-11)10-26-14-6-2-4-12(8-14)17(22)20-16(18(23)24)13-5-3-7-25-9-13/h2,4,6,8,13,16H,3,5,7,9-10H2,1H3,(H,20,22)(H,23,24). The van der Waals surface area contributed by atoms with E-state index in [0.717, 1.165) is 6.42 Å². The number of carbonyl (C=O) groups excluding carboxylic acids is 1. The van der Waals surface area contributed by atoms with E-state index in [1.165, 1.54) is 0 Å². The highest BCUT2D eigenvalue weighted by Crippen LogP contribution is 2.19. The third kappa shape index (κ3) is 5.04. The second-order valence-electron chi connectivity index (χ2n) is 6.31. The van der Waals surface area contributed by atoms with Crippen LogP contribution in [0.5, 0.6) is 5.75 Å². The summed E-state index contributed by atoms with van der Waals surface area (Å²) in [6, 6.07) is 5.48. The van der Waals surface area contributed by atoms with Gasteiger partial charge in [0, 0.05) is 25.0 Å². The van der Waals surface area contributed by atoms with Crippen LogP contribution in [0.3, 0.4) is 0 Å². The normalized spacial score (nSPS) is 17.9. The van der Waals surface area contributed by atoms with Crippen molar-refractivity contribution in [2.24, 2.45) is 5.92 Å². The van der Waals surface area contributed by atoms with Crippen LogP contribution < -0.4 is 10.1 Å². The Morgan fingerprint density at radius 3 is 2.96 bits per heavy atom. The van der Waals surface area contributed by atoms with Crippen LogP contribution in [0.1, 0.15) is 34.9 Å². The first-order valence-corrected chi connectivity index (χ1v) is 8.66. The van der Waals surface area contributed by atoms with Gasteiger partial charge >= 0.3 is 5.97 Å². The molecule has 0 spiro atoms. The molecule has 1 aromatic heterocycles. The van der Waals surface area contributed by atoms with Crippen molar-refractivity contribution >= 4 is 11.9 Å². The molecular weight excluding hydrogens is 354 g/mol. The summed E-state index contributed by atoms with van der Waals surface area (Å²) >= 11 is 0. The Labute approximate surface area is 155 Å². The Kier molecular flexibility index (Phi) is 6.02. The van der Waals surface area contributed by atoms with Gasteiger partial charge in [0.15, 0.2) is 6.61 Å². The Morgan fingerprint density at radius 1 is 1.44 bits per heavy atom. The number of carboxylic acids is 1. The van der Waals surface area contributed by atoms with Crippen molar-refractivity contribution in [1.29, 1.82) is 0 Å². The van der Waals surface area contributed by atoms with E-state index in [2.05, 4.69) is 15.5 Å². The molecule has 9 nitrogen and oxygen atoms in total. The lowest BCUT2D eigenvalue weighted by atomic mass is 9.93. The van der Waals surface area contributed by atoms with Crippen LogP contribution in [-0.2, 0) is 16.1 Å². The maximum Gasteiger partial charge on any atom is 0.326 e. The van der Waals surface area contributed by atoms with E-state index < -0.39 is 17.9 Å². The van der Waals surface area contributed by atoms with Gasteiger partial charge in [0.1, 0.15) is 11.8 Å². The lowest BCUT2D eigenvalue weighted by molar-refractivity contribution is -0.142. The highest BCUT2D eigenvalue weighted by molar-refractivity contribution is 5.97. The molecule has 2 unspecified atom stereocenters. The topological polar surface area (TPSA) is 124 Å². The Balaban J connectivity index is 1.63. The number of carboxylic acid groups (broad SMARTS) is 1. The van der Waals surface area contributed by atoms with Gasteiger partial charge in [-0.05, 0) is 31.0 Å². The third-order valence-electron chi connectivity index (χ3n) is 4.25. The zero-order chi connectivity index (χ0) is 19.2.